The van der Waals surface area contributed by atoms with Crippen LogP contribution in [0.2, 0.25) is 0 Å². The Labute approximate surface area is 108 Å². The topological polar surface area (TPSA) is 30.3 Å². The van der Waals surface area contributed by atoms with Gasteiger partial charge in [0.15, 0.2) is 0 Å². The van der Waals surface area contributed by atoms with E-state index in [1.165, 1.54) is 0 Å². The van der Waals surface area contributed by atoms with Gasteiger partial charge in [0.25, 0.3) is 0 Å². The fourth-order valence-corrected chi connectivity index (χ4v) is 1.71. The second kappa shape index (κ2) is 6.10. The summed E-state index contributed by atoms with van der Waals surface area (Å²) in [6.45, 7) is 1.66. The van der Waals surface area contributed by atoms with Crippen molar-refractivity contribution in [1.82, 2.24) is 9.55 Å². The van der Waals surface area contributed by atoms with E-state index in [1.807, 2.05) is 38.8 Å². The van der Waals surface area contributed by atoms with Crippen molar-refractivity contribution in [3.8, 4) is 5.75 Å². The monoisotopic (exact) mass is 245 g/mol. The molecule has 0 aliphatic rings. The highest BCUT2D eigenvalue weighted by Gasteiger charge is 1.98. The summed E-state index contributed by atoms with van der Waals surface area (Å²) >= 11 is 0. The van der Waals surface area contributed by atoms with Crippen molar-refractivity contribution in [3.63, 3.8) is 0 Å². The molecule has 0 amide bonds. The van der Waals surface area contributed by atoms with Gasteiger partial charge in [-0.05, 0) is 18.6 Å². The molecule has 1 aromatic carbocycles. The van der Waals surface area contributed by atoms with Crippen LogP contribution in [0.25, 0.3) is 0 Å². The average molecular weight is 245 g/mol. The molecule has 0 saturated heterocycles. The third-order valence-corrected chi connectivity index (χ3v) is 2.72. The molecule has 18 heavy (non-hydrogen) atoms. The first-order valence-electron chi connectivity index (χ1n) is 6.11. The lowest BCUT2D eigenvalue weighted by molar-refractivity contribution is 0.302. The number of benzene rings is 1. The van der Waals surface area contributed by atoms with E-state index in [2.05, 4.69) is 26.6 Å². The predicted octanol–water partition coefficient (Wildman–Crippen LogP) is 2.42. The molecule has 0 saturated carbocycles. The smallest absolute Gasteiger partial charge is 0.121 e. The van der Waals surface area contributed by atoms with E-state index in [1.54, 1.807) is 6.20 Å². The van der Waals surface area contributed by atoms with Crippen LogP contribution in [-0.2, 0) is 6.54 Å². The minimum Gasteiger partial charge on any atom is -0.493 e. The van der Waals surface area contributed by atoms with Crippen molar-refractivity contribution in [2.75, 3.05) is 25.6 Å². The maximum absolute atomic E-state index is 5.73. The van der Waals surface area contributed by atoms with Crippen LogP contribution in [0.5, 0.6) is 5.75 Å². The van der Waals surface area contributed by atoms with E-state index in [9.17, 15) is 0 Å². The molecule has 0 fully saturated rings. The zero-order valence-electron chi connectivity index (χ0n) is 10.9. The minimum absolute atomic E-state index is 0.717. The number of rotatable bonds is 6. The molecule has 0 N–H and O–H groups in total. The number of hydrogen-bond acceptors (Lipinski definition) is 3. The molecule has 0 radical (unpaired) electrons. The Hall–Kier alpha value is -1.97. The van der Waals surface area contributed by atoms with Gasteiger partial charge in [0, 0.05) is 44.8 Å². The molecular weight excluding hydrogens is 226 g/mol. The molecule has 0 aliphatic heterocycles. The van der Waals surface area contributed by atoms with E-state index < -0.39 is 0 Å². The van der Waals surface area contributed by atoms with Gasteiger partial charge in [0.05, 0.1) is 12.9 Å². The lowest BCUT2D eigenvalue weighted by Crippen LogP contribution is -2.09. The highest BCUT2D eigenvalue weighted by Crippen LogP contribution is 2.19. The Morgan fingerprint density at radius 3 is 2.94 bits per heavy atom. The Morgan fingerprint density at radius 1 is 1.33 bits per heavy atom. The molecule has 2 rings (SSSR count). The molecular formula is C14H19N3O. The number of aryl methyl sites for hydroxylation is 1. The molecule has 0 aliphatic carbocycles. The van der Waals surface area contributed by atoms with Crippen molar-refractivity contribution in [3.05, 3.63) is 43.0 Å². The summed E-state index contributed by atoms with van der Waals surface area (Å²) < 4.78 is 7.79. The van der Waals surface area contributed by atoms with Crippen molar-refractivity contribution >= 4 is 5.69 Å². The van der Waals surface area contributed by atoms with Gasteiger partial charge in [-0.1, -0.05) is 6.07 Å². The molecule has 0 spiro atoms. The van der Waals surface area contributed by atoms with E-state index in [0.29, 0.717) is 0 Å². The van der Waals surface area contributed by atoms with Gasteiger partial charge in [-0.3, -0.25) is 0 Å². The summed E-state index contributed by atoms with van der Waals surface area (Å²) in [5, 5.41) is 0. The van der Waals surface area contributed by atoms with Gasteiger partial charge in [-0.15, -0.1) is 0 Å². The number of imidazole rings is 1. The van der Waals surface area contributed by atoms with Crippen molar-refractivity contribution in [1.29, 1.82) is 0 Å². The lowest BCUT2D eigenvalue weighted by atomic mass is 10.3. The standard InChI is InChI=1S/C14H19N3O/c1-16(2)13-5-3-6-14(11-13)18-10-4-8-17-9-7-15-12-17/h3,5-7,9,11-12H,4,8,10H2,1-2H3. The van der Waals surface area contributed by atoms with Crippen LogP contribution in [0.1, 0.15) is 6.42 Å². The van der Waals surface area contributed by atoms with Gasteiger partial charge in [0.2, 0.25) is 0 Å². The van der Waals surface area contributed by atoms with Crippen LogP contribution >= 0.6 is 0 Å². The maximum atomic E-state index is 5.73. The van der Waals surface area contributed by atoms with Gasteiger partial charge in [-0.25, -0.2) is 4.98 Å². The highest BCUT2D eigenvalue weighted by atomic mass is 16.5. The Bertz CT molecular complexity index is 466. The molecule has 1 aromatic heterocycles. The van der Waals surface area contributed by atoms with Gasteiger partial charge < -0.3 is 14.2 Å². The third-order valence-electron chi connectivity index (χ3n) is 2.72. The molecule has 4 nitrogen and oxygen atoms in total. The van der Waals surface area contributed by atoms with Crippen LogP contribution in [0.4, 0.5) is 5.69 Å². The predicted molar refractivity (Wildman–Crippen MR) is 73.1 cm³/mol. The summed E-state index contributed by atoms with van der Waals surface area (Å²) in [5.74, 6) is 0.923. The van der Waals surface area contributed by atoms with Gasteiger partial charge >= 0.3 is 0 Å². The quantitative estimate of drug-likeness (QED) is 0.732. The number of nitrogens with zero attached hydrogens (tertiary/aromatic N) is 3. The highest BCUT2D eigenvalue weighted by molar-refractivity contribution is 5.49. The van der Waals surface area contributed by atoms with Crippen LogP contribution < -0.4 is 9.64 Å². The molecule has 2 aromatic rings. The summed E-state index contributed by atoms with van der Waals surface area (Å²) in [4.78, 5) is 6.07. The first-order chi connectivity index (χ1) is 8.75. The molecule has 0 bridgehead atoms. The molecule has 1 heterocycles. The Morgan fingerprint density at radius 2 is 2.22 bits per heavy atom. The second-order valence-corrected chi connectivity index (χ2v) is 4.39. The molecule has 4 heteroatoms. The second-order valence-electron chi connectivity index (χ2n) is 4.39. The maximum Gasteiger partial charge on any atom is 0.121 e. The molecule has 96 valence electrons. The van der Waals surface area contributed by atoms with Gasteiger partial charge in [0.1, 0.15) is 5.75 Å². The summed E-state index contributed by atoms with van der Waals surface area (Å²) in [5.41, 5.74) is 1.15. The first kappa shape index (κ1) is 12.5. The average Bonchev–Trinajstić information content (AvgIpc) is 2.88. The fraction of sp³-hybridized carbons (Fsp3) is 0.357. The Kier molecular flexibility index (Phi) is 4.23. The number of ether oxygens (including phenoxy) is 1. The third kappa shape index (κ3) is 3.52. The Balaban J connectivity index is 1.78. The first-order valence-corrected chi connectivity index (χ1v) is 6.11. The number of aromatic nitrogens is 2. The number of hydrogen-bond donors (Lipinski definition) is 0. The minimum atomic E-state index is 0.717. The van der Waals surface area contributed by atoms with Crippen LogP contribution in [0.15, 0.2) is 43.0 Å². The van der Waals surface area contributed by atoms with Crippen molar-refractivity contribution in [2.45, 2.75) is 13.0 Å². The summed E-state index contributed by atoms with van der Waals surface area (Å²) in [6.07, 6.45) is 6.56. The lowest BCUT2D eigenvalue weighted by Gasteiger charge is -2.14. The van der Waals surface area contributed by atoms with E-state index in [4.69, 9.17) is 4.74 Å². The molecule has 0 atom stereocenters. The molecule has 0 unspecified atom stereocenters. The van der Waals surface area contributed by atoms with Crippen LogP contribution in [-0.4, -0.2) is 30.3 Å². The van der Waals surface area contributed by atoms with Crippen LogP contribution in [0, 0.1) is 0 Å². The zero-order valence-corrected chi connectivity index (χ0v) is 10.9. The normalized spacial score (nSPS) is 10.3. The zero-order chi connectivity index (χ0) is 12.8. The summed E-state index contributed by atoms with van der Waals surface area (Å²) in [6, 6.07) is 8.13. The number of anilines is 1. The van der Waals surface area contributed by atoms with E-state index in [-0.39, 0.29) is 0 Å². The van der Waals surface area contributed by atoms with E-state index >= 15 is 0 Å². The van der Waals surface area contributed by atoms with Crippen molar-refractivity contribution < 1.29 is 4.74 Å². The van der Waals surface area contributed by atoms with Crippen molar-refractivity contribution in [2.24, 2.45) is 0 Å². The van der Waals surface area contributed by atoms with Gasteiger partial charge in [-0.2, -0.15) is 0 Å². The fourth-order valence-electron chi connectivity index (χ4n) is 1.71. The van der Waals surface area contributed by atoms with E-state index in [0.717, 1.165) is 31.0 Å². The summed E-state index contributed by atoms with van der Waals surface area (Å²) in [7, 11) is 4.05. The SMILES string of the molecule is CN(C)c1cccc(OCCCn2ccnc2)c1. The van der Waals surface area contributed by atoms with Crippen LogP contribution in [0.3, 0.4) is 0 Å². The largest absolute Gasteiger partial charge is 0.493 e.